The monoisotopic (exact) mass is 237 g/mol. The first kappa shape index (κ1) is 10.4. The lowest BCUT2D eigenvalue weighted by Gasteiger charge is -2.11. The molecule has 82 valence electrons. The molecule has 1 nitrogen and oxygen atoms in total. The van der Waals surface area contributed by atoms with Crippen molar-refractivity contribution in [2.24, 2.45) is 0 Å². The Bertz CT molecular complexity index is 653. The van der Waals surface area contributed by atoms with Gasteiger partial charge in [0.2, 0.25) is 0 Å². The summed E-state index contributed by atoms with van der Waals surface area (Å²) in [6.45, 7) is 0. The van der Waals surface area contributed by atoms with Gasteiger partial charge in [0.15, 0.2) is 0 Å². The van der Waals surface area contributed by atoms with Gasteiger partial charge in [-0.25, -0.2) is 0 Å². The molecule has 0 fully saturated rings. The van der Waals surface area contributed by atoms with E-state index in [4.69, 9.17) is 12.2 Å². The maximum absolute atomic E-state index is 5.38. The van der Waals surface area contributed by atoms with Crippen LogP contribution >= 0.6 is 12.2 Å². The molecule has 17 heavy (non-hydrogen) atoms. The second-order valence-corrected chi connectivity index (χ2v) is 4.55. The van der Waals surface area contributed by atoms with Gasteiger partial charge in [0, 0.05) is 28.4 Å². The summed E-state index contributed by atoms with van der Waals surface area (Å²) in [5.74, 6) is 0. The highest BCUT2D eigenvalue weighted by molar-refractivity contribution is 7.81. The van der Waals surface area contributed by atoms with E-state index < -0.39 is 0 Å². The van der Waals surface area contributed by atoms with Crippen molar-refractivity contribution in [1.29, 1.82) is 0 Å². The summed E-state index contributed by atoms with van der Waals surface area (Å²) in [5.41, 5.74) is 3.26. The quantitative estimate of drug-likeness (QED) is 0.697. The molecule has 2 aromatic rings. The van der Waals surface area contributed by atoms with E-state index in [1.807, 2.05) is 24.4 Å². The van der Waals surface area contributed by atoms with Gasteiger partial charge in [-0.1, -0.05) is 48.6 Å². The predicted molar refractivity (Wildman–Crippen MR) is 76.1 cm³/mol. The molecule has 1 aliphatic rings. The van der Waals surface area contributed by atoms with Crippen molar-refractivity contribution in [2.75, 3.05) is 0 Å². The smallest absolute Gasteiger partial charge is 0.0702 e. The number of fused-ring (bicyclic) bond motifs is 1. The van der Waals surface area contributed by atoms with E-state index >= 15 is 0 Å². The molecule has 0 bridgehead atoms. The molecule has 0 saturated carbocycles. The molecule has 0 amide bonds. The highest BCUT2D eigenvalue weighted by Crippen LogP contribution is 2.24. The van der Waals surface area contributed by atoms with Crippen LogP contribution in [0.1, 0.15) is 12.0 Å². The molecule has 2 heteroatoms. The molecule has 0 aliphatic heterocycles. The third-order valence-electron chi connectivity index (χ3n) is 2.90. The number of para-hydroxylation sites is 1. The van der Waals surface area contributed by atoms with E-state index in [1.54, 1.807) is 0 Å². The summed E-state index contributed by atoms with van der Waals surface area (Å²) in [5, 5.41) is 1.16. The Kier molecular flexibility index (Phi) is 2.57. The van der Waals surface area contributed by atoms with Gasteiger partial charge >= 0.3 is 0 Å². The molecular weight excluding hydrogens is 226 g/mol. The summed E-state index contributed by atoms with van der Waals surface area (Å²) in [7, 11) is 0. The van der Waals surface area contributed by atoms with Gasteiger partial charge in [-0.3, -0.25) is 4.98 Å². The second-order valence-electron chi connectivity index (χ2n) is 4.05. The van der Waals surface area contributed by atoms with Crippen LogP contribution in [-0.2, 0) is 0 Å². The Morgan fingerprint density at radius 3 is 2.94 bits per heavy atom. The number of benzene rings is 1. The Morgan fingerprint density at radius 2 is 2.06 bits per heavy atom. The van der Waals surface area contributed by atoms with Crippen LogP contribution < -0.4 is 0 Å². The number of hydrogen-bond donors (Lipinski definition) is 0. The summed E-state index contributed by atoms with van der Waals surface area (Å²) in [6.07, 6.45) is 8.96. The fourth-order valence-corrected chi connectivity index (χ4v) is 2.30. The lowest BCUT2D eigenvalue weighted by atomic mass is 9.97. The Morgan fingerprint density at radius 1 is 1.18 bits per heavy atom. The van der Waals surface area contributed by atoms with Gasteiger partial charge < -0.3 is 0 Å². The highest BCUT2D eigenvalue weighted by Gasteiger charge is 2.09. The van der Waals surface area contributed by atoms with E-state index in [2.05, 4.69) is 35.3 Å². The number of nitrogens with zero attached hydrogens (tertiary/aromatic N) is 1. The van der Waals surface area contributed by atoms with Crippen molar-refractivity contribution in [2.45, 2.75) is 6.42 Å². The van der Waals surface area contributed by atoms with Gasteiger partial charge in [-0.2, -0.15) is 0 Å². The van der Waals surface area contributed by atoms with E-state index in [0.29, 0.717) is 0 Å². The first-order valence-electron chi connectivity index (χ1n) is 5.60. The number of rotatable bonds is 1. The second kappa shape index (κ2) is 4.22. The maximum atomic E-state index is 5.38. The van der Waals surface area contributed by atoms with Gasteiger partial charge in [0.25, 0.3) is 0 Å². The minimum atomic E-state index is 0.855. The molecule has 1 heterocycles. The minimum Gasteiger partial charge on any atom is -0.256 e. The Hall–Kier alpha value is -1.80. The van der Waals surface area contributed by atoms with E-state index in [1.165, 1.54) is 0 Å². The minimum absolute atomic E-state index is 0.855. The van der Waals surface area contributed by atoms with Gasteiger partial charge in [0.05, 0.1) is 5.52 Å². The Labute approximate surface area is 105 Å². The van der Waals surface area contributed by atoms with Crippen molar-refractivity contribution in [1.82, 2.24) is 4.98 Å². The third-order valence-corrected chi connectivity index (χ3v) is 3.29. The lowest BCUT2D eigenvalue weighted by molar-refractivity contribution is 1.38. The van der Waals surface area contributed by atoms with Gasteiger partial charge in [-0.05, 0) is 17.7 Å². The number of aromatic nitrogens is 1. The van der Waals surface area contributed by atoms with Crippen LogP contribution in [0.2, 0.25) is 0 Å². The standard InChI is InChI=1S/C15H11NS/c17-15-8-4-2-6-13(15)12-9-11-5-1-3-7-14(11)16-10-12/h1-7,9-10H,8H2. The SMILES string of the molecule is S=C1CC=CC=C1c1cnc2ccccc2c1. The average molecular weight is 237 g/mol. The van der Waals surface area contributed by atoms with E-state index in [-0.39, 0.29) is 0 Å². The fourth-order valence-electron chi connectivity index (χ4n) is 2.02. The van der Waals surface area contributed by atoms with Crippen LogP contribution in [-0.4, -0.2) is 9.85 Å². The van der Waals surface area contributed by atoms with Crippen LogP contribution in [0, 0.1) is 0 Å². The molecule has 1 aliphatic carbocycles. The molecule has 0 radical (unpaired) electrons. The summed E-state index contributed by atoms with van der Waals surface area (Å²) >= 11 is 5.38. The number of hydrogen-bond acceptors (Lipinski definition) is 2. The number of thiocarbonyl (C=S) groups is 1. The first-order chi connectivity index (χ1) is 8.34. The molecule has 0 unspecified atom stereocenters. The molecule has 0 spiro atoms. The molecule has 1 aromatic heterocycles. The number of allylic oxidation sites excluding steroid dienone is 4. The van der Waals surface area contributed by atoms with Crippen LogP contribution in [0.15, 0.2) is 54.8 Å². The first-order valence-corrected chi connectivity index (χ1v) is 6.00. The molecule has 3 rings (SSSR count). The average Bonchev–Trinajstić information content (AvgIpc) is 2.39. The van der Waals surface area contributed by atoms with Crippen LogP contribution in [0.4, 0.5) is 0 Å². The highest BCUT2D eigenvalue weighted by atomic mass is 32.1. The normalized spacial score (nSPS) is 15.1. The van der Waals surface area contributed by atoms with Crippen LogP contribution in [0.5, 0.6) is 0 Å². The number of pyridine rings is 1. The van der Waals surface area contributed by atoms with Crippen molar-refractivity contribution in [3.8, 4) is 0 Å². The maximum Gasteiger partial charge on any atom is 0.0702 e. The molecule has 0 saturated heterocycles. The topological polar surface area (TPSA) is 12.9 Å². The largest absolute Gasteiger partial charge is 0.256 e. The Balaban J connectivity index is 2.15. The summed E-state index contributed by atoms with van der Waals surface area (Å²) in [4.78, 5) is 5.46. The third kappa shape index (κ3) is 1.92. The molecule has 0 atom stereocenters. The van der Waals surface area contributed by atoms with Gasteiger partial charge in [-0.15, -0.1) is 0 Å². The van der Waals surface area contributed by atoms with Gasteiger partial charge in [0.1, 0.15) is 0 Å². The van der Waals surface area contributed by atoms with Crippen molar-refractivity contribution >= 4 is 33.6 Å². The zero-order chi connectivity index (χ0) is 11.7. The fraction of sp³-hybridized carbons (Fsp3) is 0.0667. The van der Waals surface area contributed by atoms with Crippen molar-refractivity contribution in [3.63, 3.8) is 0 Å². The van der Waals surface area contributed by atoms with Crippen molar-refractivity contribution in [3.05, 3.63) is 60.3 Å². The molecule has 0 N–H and O–H groups in total. The predicted octanol–water partition coefficient (Wildman–Crippen LogP) is 3.95. The van der Waals surface area contributed by atoms with E-state index in [9.17, 15) is 0 Å². The zero-order valence-electron chi connectivity index (χ0n) is 9.26. The van der Waals surface area contributed by atoms with E-state index in [0.717, 1.165) is 33.3 Å². The summed E-state index contributed by atoms with van der Waals surface area (Å²) in [6, 6.07) is 10.3. The summed E-state index contributed by atoms with van der Waals surface area (Å²) < 4.78 is 0. The zero-order valence-corrected chi connectivity index (χ0v) is 10.1. The van der Waals surface area contributed by atoms with Crippen LogP contribution in [0.3, 0.4) is 0 Å². The molecule has 1 aromatic carbocycles. The van der Waals surface area contributed by atoms with Crippen LogP contribution in [0.25, 0.3) is 16.5 Å². The molecular formula is C15H11NS. The van der Waals surface area contributed by atoms with Crippen molar-refractivity contribution < 1.29 is 0 Å². The lowest BCUT2D eigenvalue weighted by Crippen LogP contribution is -2.01.